The van der Waals surface area contributed by atoms with Crippen molar-refractivity contribution < 1.29 is 80.4 Å². The molecule has 16 aromatic rings. The number of nitrogens with zero attached hydrogens (tertiary/aromatic N) is 12. The minimum absolute atomic E-state index is 0. The molecule has 580 valence electrons. The summed E-state index contributed by atoms with van der Waals surface area (Å²) in [6, 6.07) is 133. The van der Waals surface area contributed by atoms with Gasteiger partial charge in [0.2, 0.25) is 0 Å². The van der Waals surface area contributed by atoms with Gasteiger partial charge in [-0.25, -0.2) is 19.9 Å². The Morgan fingerprint density at radius 2 is 0.560 bits per heavy atom. The molecular formula is C100H76Ir4N12-8. The number of benzene rings is 12. The third-order valence-electron chi connectivity index (χ3n) is 20.0. The maximum atomic E-state index is 5.11. The van der Waals surface area contributed by atoms with E-state index in [0.29, 0.717) is 0 Å². The summed E-state index contributed by atoms with van der Waals surface area (Å²) < 4.78 is 0. The van der Waals surface area contributed by atoms with Crippen LogP contribution in [0.2, 0.25) is 0 Å². The molecule has 0 unspecified atom stereocenters. The second-order valence-electron chi connectivity index (χ2n) is 27.2. The van der Waals surface area contributed by atoms with E-state index < -0.39 is 0 Å². The molecule has 0 amide bonds. The zero-order valence-corrected chi connectivity index (χ0v) is 73.2. The molecule has 4 aliphatic heterocycles. The average Bonchev–Trinajstić information content (AvgIpc) is 1.58. The summed E-state index contributed by atoms with van der Waals surface area (Å²) in [5.74, 6) is 3.64. The monoisotopic (exact) mass is 2220 g/mol. The van der Waals surface area contributed by atoms with Crippen LogP contribution in [-0.2, 0) is 80.4 Å². The van der Waals surface area contributed by atoms with Crippen molar-refractivity contribution in [3.05, 3.63) is 437 Å². The third-order valence-corrected chi connectivity index (χ3v) is 20.0. The molecule has 0 spiro atoms. The Hall–Kier alpha value is -11.8. The van der Waals surface area contributed by atoms with Crippen molar-refractivity contribution in [1.82, 2.24) is 19.9 Å². The topological polar surface area (TPSA) is 77.5 Å². The van der Waals surface area contributed by atoms with E-state index in [1.54, 1.807) is 0 Å². The predicted molar refractivity (Wildman–Crippen MR) is 459 cm³/mol. The van der Waals surface area contributed by atoms with Gasteiger partial charge in [0.05, 0.1) is 34.1 Å². The number of hydrogen-bond donors (Lipinski definition) is 0. The molecule has 0 bridgehead atoms. The smallest absolute Gasteiger partial charge is 0.125 e. The van der Waals surface area contributed by atoms with Gasteiger partial charge in [0.25, 0.3) is 0 Å². The zero-order chi connectivity index (χ0) is 75.7. The molecule has 8 heterocycles. The molecule has 0 N–H and O–H groups in total. The Kier molecular flexibility index (Phi) is 27.0. The molecule has 4 aromatic heterocycles. The summed E-state index contributed by atoms with van der Waals surface area (Å²) in [7, 11) is 0. The normalized spacial score (nSPS) is 12.4. The van der Waals surface area contributed by atoms with Crippen molar-refractivity contribution in [1.29, 1.82) is 0 Å². The third kappa shape index (κ3) is 17.3. The summed E-state index contributed by atoms with van der Waals surface area (Å²) in [5.41, 5.74) is 26.5. The predicted octanol–water partition coefficient (Wildman–Crippen LogP) is 25.1. The van der Waals surface area contributed by atoms with Crippen LogP contribution >= 0.6 is 0 Å². The first-order valence-corrected chi connectivity index (χ1v) is 37.3. The molecule has 4 radical (unpaired) electrons. The Bertz CT molecular complexity index is 5830. The van der Waals surface area contributed by atoms with Gasteiger partial charge in [-0.2, -0.15) is 121 Å². The maximum Gasteiger partial charge on any atom is 0.125 e. The van der Waals surface area contributed by atoms with Gasteiger partial charge in [-0.1, -0.05) is 170 Å². The minimum atomic E-state index is 0. The SMILES string of the molecule is Cc1cccc(C)c1-c1ccc2c(n1)N(c1[c-]cccc1)[CH-]N2c1ccccc1.Cc1ccccc1-c1ccc2c(n1)N(c1[c-]cccc1)[CH-]N2c1ccccc1.Cc1ccccc1-c1ccnc2c1N(c1ccccc1)[CH-]N2c1[c-]cccc1.[Ir].[Ir].[Ir].[Ir].[c-]1ccccc1N1[CH-]N(c2ccccc2)c2c(-c3ccccc3)ccnc21. The largest absolute Gasteiger partial charge is 0.478 e. The Balaban J connectivity index is 0.000000133. The molecule has 0 saturated carbocycles. The summed E-state index contributed by atoms with van der Waals surface area (Å²) in [6.45, 7) is 16.9. The first kappa shape index (κ1) is 82.2. The second-order valence-corrected chi connectivity index (χ2v) is 27.2. The summed E-state index contributed by atoms with van der Waals surface area (Å²) in [5, 5.41) is 0. The molecule has 16 heteroatoms. The van der Waals surface area contributed by atoms with Crippen molar-refractivity contribution in [3.63, 3.8) is 0 Å². The van der Waals surface area contributed by atoms with Gasteiger partial charge in [-0.15, -0.1) is 49.4 Å². The fraction of sp³-hybridized carbons (Fsp3) is 0.0400. The van der Waals surface area contributed by atoms with Crippen molar-refractivity contribution in [2.45, 2.75) is 27.7 Å². The number of anilines is 16. The van der Waals surface area contributed by atoms with Crippen molar-refractivity contribution in [3.8, 4) is 44.8 Å². The van der Waals surface area contributed by atoms with E-state index in [9.17, 15) is 0 Å². The van der Waals surface area contributed by atoms with Gasteiger partial charge in [0.1, 0.15) is 23.3 Å². The first-order valence-electron chi connectivity index (χ1n) is 37.3. The Morgan fingerprint density at radius 1 is 0.241 bits per heavy atom. The molecule has 20 rings (SSSR count). The van der Waals surface area contributed by atoms with E-state index in [2.05, 4.69) is 360 Å². The van der Waals surface area contributed by atoms with Gasteiger partial charge in [-0.05, 0) is 146 Å². The van der Waals surface area contributed by atoms with Crippen LogP contribution in [-0.4, -0.2) is 19.9 Å². The van der Waals surface area contributed by atoms with E-state index in [4.69, 9.17) is 19.9 Å². The van der Waals surface area contributed by atoms with Gasteiger partial charge in [-0.3, -0.25) is 0 Å². The molecule has 12 nitrogen and oxygen atoms in total. The maximum absolute atomic E-state index is 5.11. The Labute approximate surface area is 734 Å². The fourth-order valence-electron chi connectivity index (χ4n) is 14.6. The van der Waals surface area contributed by atoms with E-state index in [1.165, 1.54) is 44.5 Å². The fourth-order valence-corrected chi connectivity index (χ4v) is 14.6. The molecule has 0 fully saturated rings. The summed E-state index contributed by atoms with van der Waals surface area (Å²) in [6.07, 6.45) is 3.76. The van der Waals surface area contributed by atoms with E-state index in [0.717, 1.165) is 114 Å². The van der Waals surface area contributed by atoms with Crippen LogP contribution in [0.15, 0.2) is 364 Å². The van der Waals surface area contributed by atoms with Gasteiger partial charge >= 0.3 is 0 Å². The minimum Gasteiger partial charge on any atom is -0.478 e. The summed E-state index contributed by atoms with van der Waals surface area (Å²) >= 11 is 0. The number of pyridine rings is 4. The molecule has 0 saturated heterocycles. The van der Waals surface area contributed by atoms with Gasteiger partial charge < -0.3 is 39.2 Å². The number of fused-ring (bicyclic) bond motifs is 4. The van der Waals surface area contributed by atoms with Crippen molar-refractivity contribution in [2.24, 2.45) is 0 Å². The van der Waals surface area contributed by atoms with Crippen molar-refractivity contribution in [2.75, 3.05) is 39.2 Å². The van der Waals surface area contributed by atoms with Crippen LogP contribution in [0.4, 0.5) is 91.5 Å². The van der Waals surface area contributed by atoms with E-state index >= 15 is 0 Å². The number of para-hydroxylation sites is 8. The average molecular weight is 2210 g/mol. The summed E-state index contributed by atoms with van der Waals surface area (Å²) in [4.78, 5) is 36.8. The Morgan fingerprint density at radius 3 is 0.966 bits per heavy atom. The van der Waals surface area contributed by atoms with E-state index in [-0.39, 0.29) is 80.4 Å². The van der Waals surface area contributed by atoms with Crippen LogP contribution in [0, 0.1) is 78.6 Å². The van der Waals surface area contributed by atoms with Crippen LogP contribution in [0.5, 0.6) is 0 Å². The molecule has 12 aromatic carbocycles. The molecule has 116 heavy (non-hydrogen) atoms. The van der Waals surface area contributed by atoms with Gasteiger partial charge in [0.15, 0.2) is 0 Å². The number of rotatable bonds is 12. The molecule has 0 atom stereocenters. The standard InChI is InChI=1S/C26H21N3.2C25H19N3.C24H17N3.4Ir/c1-19-10-9-11-20(2)25(19)23-16-17-24-26(27-23)29(22-14-7-4-8-15-22)18-28(24)21-12-5-3-6-13-21;1-19-10-8-9-15-22(19)23-16-17-26-25-24(23)27(20-11-4-2-5-12-20)18-28(25)21-13-6-3-7-14-21;1-19-10-8-9-15-22(19)23-16-17-24-25(26-23)28(21-13-6-3-7-14-21)18-27(24)20-11-4-2-5-12-20;1-4-10-19(11-5-1)22-16-17-25-24-23(22)26(20-12-6-2-7-13-20)18-27(24)21-14-8-3-9-15-21;;;;/h3-14,16-18H,1-2H3;2*2-13,15-18H,1H3;1-14,16-18H;;;;/q4*-2;;;;. The van der Waals surface area contributed by atoms with Crippen molar-refractivity contribution >= 4 is 91.5 Å². The molecule has 0 aliphatic carbocycles. The zero-order valence-electron chi connectivity index (χ0n) is 63.7. The first-order chi connectivity index (χ1) is 55.3. The number of aryl methyl sites for hydroxylation is 4. The number of aromatic nitrogens is 4. The van der Waals surface area contributed by atoms with Crippen LogP contribution in [0.1, 0.15) is 22.3 Å². The quantitative estimate of drug-likeness (QED) is 0.109. The molecule has 4 aliphatic rings. The van der Waals surface area contributed by atoms with Crippen LogP contribution in [0.25, 0.3) is 44.8 Å². The van der Waals surface area contributed by atoms with Crippen LogP contribution in [0.3, 0.4) is 0 Å². The van der Waals surface area contributed by atoms with E-state index in [1.807, 2.05) is 122 Å². The van der Waals surface area contributed by atoms with Gasteiger partial charge in [0, 0.05) is 138 Å². The molecular weight excluding hydrogens is 2140 g/mol. The number of hydrogen-bond acceptors (Lipinski definition) is 12. The second kappa shape index (κ2) is 38.1. The van der Waals surface area contributed by atoms with Crippen LogP contribution < -0.4 is 39.2 Å².